The molecule has 2 aromatic rings. The van der Waals surface area contributed by atoms with Crippen LogP contribution in [0.4, 0.5) is 10.1 Å². The molecule has 1 unspecified atom stereocenters. The first-order chi connectivity index (χ1) is 15.9. The molecule has 0 saturated carbocycles. The number of rotatable bonds is 11. The van der Waals surface area contributed by atoms with Crippen molar-refractivity contribution >= 4 is 27.5 Å². The van der Waals surface area contributed by atoms with E-state index >= 15 is 0 Å². The van der Waals surface area contributed by atoms with Gasteiger partial charge in [-0.05, 0) is 43.2 Å². The fourth-order valence-corrected chi connectivity index (χ4v) is 4.06. The van der Waals surface area contributed by atoms with E-state index in [4.69, 9.17) is 4.74 Å². The zero-order valence-corrected chi connectivity index (χ0v) is 20.9. The van der Waals surface area contributed by atoms with Gasteiger partial charge >= 0.3 is 0 Å². The van der Waals surface area contributed by atoms with E-state index in [9.17, 15) is 22.4 Å². The first-order valence-electron chi connectivity index (χ1n) is 10.9. The molecule has 2 rings (SSSR count). The quantitative estimate of drug-likeness (QED) is 0.519. The summed E-state index contributed by atoms with van der Waals surface area (Å²) in [5, 5.41) is 2.77. The first-order valence-corrected chi connectivity index (χ1v) is 12.7. The van der Waals surface area contributed by atoms with E-state index in [1.165, 1.54) is 49.3 Å². The van der Waals surface area contributed by atoms with E-state index in [-0.39, 0.29) is 23.7 Å². The summed E-state index contributed by atoms with van der Waals surface area (Å²) in [5.74, 6) is -0.849. The molecule has 186 valence electrons. The highest BCUT2D eigenvalue weighted by atomic mass is 32.2. The van der Waals surface area contributed by atoms with Gasteiger partial charge in [0.25, 0.3) is 0 Å². The highest BCUT2D eigenvalue weighted by Crippen LogP contribution is 2.22. The van der Waals surface area contributed by atoms with Crippen LogP contribution in [0.2, 0.25) is 0 Å². The van der Waals surface area contributed by atoms with Crippen LogP contribution in [-0.2, 0) is 26.2 Å². The van der Waals surface area contributed by atoms with Gasteiger partial charge in [-0.15, -0.1) is 0 Å². The number of anilines is 1. The molecular formula is C24H32FN3O5S. The van der Waals surface area contributed by atoms with Crippen molar-refractivity contribution in [2.75, 3.05) is 30.8 Å². The Bertz CT molecular complexity index is 1090. The molecule has 10 heteroatoms. The van der Waals surface area contributed by atoms with Crippen LogP contribution in [-0.4, -0.2) is 57.6 Å². The van der Waals surface area contributed by atoms with Gasteiger partial charge in [-0.1, -0.05) is 32.0 Å². The van der Waals surface area contributed by atoms with Gasteiger partial charge in [0.2, 0.25) is 21.8 Å². The number of methoxy groups -OCH3 is 1. The van der Waals surface area contributed by atoms with Crippen LogP contribution in [0.5, 0.6) is 5.75 Å². The van der Waals surface area contributed by atoms with Crippen LogP contribution < -0.4 is 14.4 Å². The monoisotopic (exact) mass is 493 g/mol. The molecule has 1 atom stereocenters. The number of amides is 2. The molecule has 34 heavy (non-hydrogen) atoms. The minimum Gasteiger partial charge on any atom is -0.497 e. The van der Waals surface area contributed by atoms with E-state index in [0.29, 0.717) is 12.3 Å². The topological polar surface area (TPSA) is 96.0 Å². The highest BCUT2D eigenvalue weighted by Gasteiger charge is 2.30. The Balaban J connectivity index is 2.37. The van der Waals surface area contributed by atoms with Crippen LogP contribution in [0.15, 0.2) is 48.5 Å². The van der Waals surface area contributed by atoms with Crippen molar-refractivity contribution in [1.82, 2.24) is 10.2 Å². The molecule has 0 saturated heterocycles. The normalized spacial score (nSPS) is 12.2. The summed E-state index contributed by atoms with van der Waals surface area (Å²) in [7, 11) is -2.36. The minimum absolute atomic E-state index is 0.192. The number of hydrogen-bond donors (Lipinski definition) is 1. The number of benzene rings is 2. The molecule has 1 N–H and O–H groups in total. The third kappa shape index (κ3) is 7.44. The number of halogens is 1. The van der Waals surface area contributed by atoms with Crippen LogP contribution in [0.3, 0.4) is 0 Å². The standard InChI is InChI=1S/C24H32FN3O5S/c1-17(2)14-26-24(30)18(3)27(15-19-8-6-7-9-22(19)25)23(29)16-28(34(5,31)32)20-10-12-21(33-4)13-11-20/h6-13,17-18H,14-16H2,1-5H3,(H,26,30). The molecule has 2 amide bonds. The Labute approximate surface area is 200 Å². The van der Waals surface area contributed by atoms with E-state index < -0.39 is 40.2 Å². The molecule has 0 bridgehead atoms. The van der Waals surface area contributed by atoms with Gasteiger partial charge < -0.3 is 15.0 Å². The van der Waals surface area contributed by atoms with Crippen LogP contribution >= 0.6 is 0 Å². The maximum absolute atomic E-state index is 14.4. The van der Waals surface area contributed by atoms with Gasteiger partial charge in [0.05, 0.1) is 19.1 Å². The molecule has 0 spiro atoms. The summed E-state index contributed by atoms with van der Waals surface area (Å²) < 4.78 is 45.5. The number of carbonyl (C=O) groups excluding carboxylic acids is 2. The van der Waals surface area contributed by atoms with Crippen molar-refractivity contribution in [2.24, 2.45) is 5.92 Å². The number of ether oxygens (including phenoxy) is 1. The Hall–Kier alpha value is -3.14. The van der Waals surface area contributed by atoms with Gasteiger partial charge in [0.15, 0.2) is 0 Å². The van der Waals surface area contributed by atoms with Crippen molar-refractivity contribution in [3.05, 3.63) is 59.9 Å². The van der Waals surface area contributed by atoms with Gasteiger partial charge in [-0.3, -0.25) is 13.9 Å². The number of nitrogens with zero attached hydrogens (tertiary/aromatic N) is 2. The maximum Gasteiger partial charge on any atom is 0.244 e. The number of hydrogen-bond acceptors (Lipinski definition) is 5. The largest absolute Gasteiger partial charge is 0.497 e. The lowest BCUT2D eigenvalue weighted by atomic mass is 10.1. The second-order valence-corrected chi connectivity index (χ2v) is 10.3. The molecule has 0 heterocycles. The van der Waals surface area contributed by atoms with Crippen molar-refractivity contribution in [3.8, 4) is 5.75 Å². The van der Waals surface area contributed by atoms with Crippen molar-refractivity contribution in [2.45, 2.75) is 33.4 Å². The SMILES string of the molecule is COc1ccc(N(CC(=O)N(Cc2ccccc2F)C(C)C(=O)NCC(C)C)S(C)(=O)=O)cc1. The molecule has 0 fully saturated rings. The van der Waals surface area contributed by atoms with E-state index in [2.05, 4.69) is 5.32 Å². The second kappa shape index (κ2) is 11.8. The summed E-state index contributed by atoms with van der Waals surface area (Å²) in [6.07, 6.45) is 0.991. The Kier molecular flexibility index (Phi) is 9.43. The van der Waals surface area contributed by atoms with Gasteiger partial charge in [-0.25, -0.2) is 12.8 Å². The molecular weight excluding hydrogens is 461 g/mol. The Morgan fingerprint density at radius 3 is 2.21 bits per heavy atom. The number of sulfonamides is 1. The predicted octanol–water partition coefficient (Wildman–Crippen LogP) is 2.79. The van der Waals surface area contributed by atoms with Crippen LogP contribution in [0.25, 0.3) is 0 Å². The molecule has 8 nitrogen and oxygen atoms in total. The molecule has 0 aliphatic heterocycles. The maximum atomic E-state index is 14.4. The average Bonchev–Trinajstić information content (AvgIpc) is 2.79. The predicted molar refractivity (Wildman–Crippen MR) is 129 cm³/mol. The van der Waals surface area contributed by atoms with E-state index in [1.54, 1.807) is 18.2 Å². The third-order valence-electron chi connectivity index (χ3n) is 5.19. The van der Waals surface area contributed by atoms with Crippen molar-refractivity contribution in [1.29, 1.82) is 0 Å². The molecule has 0 aromatic heterocycles. The van der Waals surface area contributed by atoms with Gasteiger partial charge in [0.1, 0.15) is 24.2 Å². The van der Waals surface area contributed by atoms with Crippen LogP contribution in [0.1, 0.15) is 26.3 Å². The smallest absolute Gasteiger partial charge is 0.244 e. The van der Waals surface area contributed by atoms with Crippen molar-refractivity contribution in [3.63, 3.8) is 0 Å². The Morgan fingerprint density at radius 1 is 1.06 bits per heavy atom. The summed E-state index contributed by atoms with van der Waals surface area (Å²) >= 11 is 0. The zero-order valence-electron chi connectivity index (χ0n) is 20.1. The van der Waals surface area contributed by atoms with Crippen molar-refractivity contribution < 1.29 is 27.1 Å². The average molecular weight is 494 g/mol. The summed E-state index contributed by atoms with van der Waals surface area (Å²) in [5.41, 5.74) is 0.481. The fraction of sp³-hybridized carbons (Fsp3) is 0.417. The van der Waals surface area contributed by atoms with Gasteiger partial charge in [0, 0.05) is 18.7 Å². The third-order valence-corrected chi connectivity index (χ3v) is 6.33. The zero-order chi connectivity index (χ0) is 25.5. The van der Waals surface area contributed by atoms with E-state index in [0.717, 1.165) is 10.6 Å². The molecule has 0 aliphatic carbocycles. The molecule has 2 aromatic carbocycles. The fourth-order valence-electron chi connectivity index (χ4n) is 3.21. The minimum atomic E-state index is -3.84. The van der Waals surface area contributed by atoms with Crippen LogP contribution in [0, 0.1) is 11.7 Å². The lowest BCUT2D eigenvalue weighted by molar-refractivity contribution is -0.139. The highest BCUT2D eigenvalue weighted by molar-refractivity contribution is 7.92. The molecule has 0 radical (unpaired) electrons. The molecule has 0 aliphatic rings. The lowest BCUT2D eigenvalue weighted by Crippen LogP contribution is -2.51. The summed E-state index contributed by atoms with van der Waals surface area (Å²) in [6, 6.07) is 11.2. The number of carbonyl (C=O) groups is 2. The van der Waals surface area contributed by atoms with E-state index in [1.807, 2.05) is 13.8 Å². The lowest BCUT2D eigenvalue weighted by Gasteiger charge is -2.31. The summed E-state index contributed by atoms with van der Waals surface area (Å²) in [6.45, 7) is 5.07. The Morgan fingerprint density at radius 2 is 1.68 bits per heavy atom. The number of nitrogens with one attached hydrogen (secondary N) is 1. The first kappa shape index (κ1) is 27.1. The second-order valence-electron chi connectivity index (χ2n) is 8.40. The van der Waals surface area contributed by atoms with Gasteiger partial charge in [-0.2, -0.15) is 0 Å². The summed E-state index contributed by atoms with van der Waals surface area (Å²) in [4.78, 5) is 27.3.